The predicted octanol–water partition coefficient (Wildman–Crippen LogP) is 3.65. The first-order chi connectivity index (χ1) is 15.9. The minimum absolute atomic E-state index is 0.276. The fraction of sp³-hybridized carbons (Fsp3) is 0.400. The van der Waals surface area contributed by atoms with E-state index in [2.05, 4.69) is 10.9 Å². The zero-order valence-electron chi connectivity index (χ0n) is 20.5. The monoisotopic (exact) mass is 471 g/mol. The summed E-state index contributed by atoms with van der Waals surface area (Å²) in [7, 11) is 1.51. The van der Waals surface area contributed by atoms with Gasteiger partial charge in [-0.15, -0.1) is 0 Å². The van der Waals surface area contributed by atoms with Crippen molar-refractivity contribution in [3.05, 3.63) is 64.7 Å². The van der Waals surface area contributed by atoms with Gasteiger partial charge >= 0.3 is 12.1 Å². The summed E-state index contributed by atoms with van der Waals surface area (Å²) in [5, 5.41) is 9.11. The molecule has 2 rings (SSSR count). The summed E-state index contributed by atoms with van der Waals surface area (Å²) >= 11 is 0. The molecule has 0 unspecified atom stereocenters. The van der Waals surface area contributed by atoms with Crippen molar-refractivity contribution in [2.75, 3.05) is 7.05 Å². The molecule has 0 radical (unpaired) electrons. The molecule has 0 aliphatic rings. The molecule has 2 aromatic rings. The highest BCUT2D eigenvalue weighted by molar-refractivity contribution is 5.89. The van der Waals surface area contributed by atoms with Crippen LogP contribution in [0.15, 0.2) is 42.5 Å². The molecule has 2 aromatic carbocycles. The second-order valence-electron chi connectivity index (χ2n) is 9.00. The lowest BCUT2D eigenvalue weighted by molar-refractivity contribution is -0.126. The molecular weight excluding hydrogens is 438 g/mol. The van der Waals surface area contributed by atoms with Crippen LogP contribution in [0, 0.1) is 6.92 Å². The molecule has 2 amide bonds. The summed E-state index contributed by atoms with van der Waals surface area (Å²) in [6.07, 6.45) is -0.571. The molecule has 1 atom stereocenters. The Balaban J connectivity index is 1.79. The molecular formula is C25H33N3O6. The molecule has 0 aliphatic carbocycles. The topological polar surface area (TPSA) is 117 Å². The van der Waals surface area contributed by atoms with Crippen LogP contribution < -0.4 is 15.6 Å². The zero-order chi connectivity index (χ0) is 25.5. The highest BCUT2D eigenvalue weighted by Gasteiger charge is 2.26. The van der Waals surface area contributed by atoms with Crippen molar-refractivity contribution in [3.8, 4) is 5.75 Å². The molecule has 3 N–H and O–H groups in total. The van der Waals surface area contributed by atoms with Crippen LogP contribution in [0.4, 0.5) is 4.79 Å². The second-order valence-corrected chi connectivity index (χ2v) is 9.00. The number of ether oxygens (including phenoxy) is 2. The lowest BCUT2D eigenvalue weighted by Gasteiger charge is -2.28. The van der Waals surface area contributed by atoms with Crippen LogP contribution in [0.1, 0.15) is 54.7 Å². The van der Waals surface area contributed by atoms with Crippen molar-refractivity contribution in [1.29, 1.82) is 0 Å². The van der Waals surface area contributed by atoms with Gasteiger partial charge in [0.2, 0.25) is 0 Å². The summed E-state index contributed by atoms with van der Waals surface area (Å²) in [6, 6.07) is 11.8. The van der Waals surface area contributed by atoms with E-state index in [9.17, 15) is 14.4 Å². The smallest absolute Gasteiger partial charge is 0.410 e. The predicted molar refractivity (Wildman–Crippen MR) is 127 cm³/mol. The van der Waals surface area contributed by atoms with Crippen molar-refractivity contribution >= 4 is 18.0 Å². The van der Waals surface area contributed by atoms with Gasteiger partial charge in [0.15, 0.2) is 0 Å². The van der Waals surface area contributed by atoms with Crippen LogP contribution in [0.5, 0.6) is 5.75 Å². The highest BCUT2D eigenvalue weighted by atomic mass is 16.6. The standard InChI is InChI=1S/C25H33N3O6/c1-16-13-19(9-12-21(16)23(30)31)15-33-20-10-7-18(8-11-20)14-26-27-22(29)17(2)28(6)24(32)34-25(3,4)5/h7-13,17,26H,14-15H2,1-6H3,(H,27,29)(H,30,31)/t17-/m0/s1. The fourth-order valence-electron chi connectivity index (χ4n) is 2.93. The van der Waals surface area contributed by atoms with E-state index >= 15 is 0 Å². The average molecular weight is 472 g/mol. The number of carboxylic acids is 1. The average Bonchev–Trinajstić information content (AvgIpc) is 2.76. The Morgan fingerprint density at radius 3 is 2.24 bits per heavy atom. The number of nitrogens with zero attached hydrogens (tertiary/aromatic N) is 1. The molecule has 9 heteroatoms. The Bertz CT molecular complexity index is 1010. The molecule has 0 aliphatic heterocycles. The number of amides is 2. The van der Waals surface area contributed by atoms with E-state index in [0.717, 1.165) is 11.1 Å². The third-order valence-electron chi connectivity index (χ3n) is 5.00. The lowest BCUT2D eigenvalue weighted by Crippen LogP contribution is -2.50. The van der Waals surface area contributed by atoms with Gasteiger partial charge in [0.25, 0.3) is 5.91 Å². The van der Waals surface area contributed by atoms with E-state index in [1.165, 1.54) is 11.9 Å². The SMILES string of the molecule is Cc1cc(COc2ccc(CNNC(=O)[C@H](C)N(C)C(=O)OC(C)(C)C)cc2)ccc1C(=O)O. The van der Waals surface area contributed by atoms with Gasteiger partial charge in [-0.2, -0.15) is 0 Å². The zero-order valence-corrected chi connectivity index (χ0v) is 20.5. The van der Waals surface area contributed by atoms with Crippen molar-refractivity contribution in [2.45, 2.75) is 59.4 Å². The number of carboxylic acid groups (broad SMARTS) is 1. The minimum atomic E-state index is -0.949. The van der Waals surface area contributed by atoms with Gasteiger partial charge in [-0.25, -0.2) is 15.0 Å². The summed E-state index contributed by atoms with van der Waals surface area (Å²) < 4.78 is 11.0. The summed E-state index contributed by atoms with van der Waals surface area (Å²) in [5.41, 5.74) is 7.57. The largest absolute Gasteiger partial charge is 0.489 e. The number of carbonyl (C=O) groups is 3. The van der Waals surface area contributed by atoms with Gasteiger partial charge in [0.05, 0.1) is 5.56 Å². The molecule has 0 spiro atoms. The molecule has 184 valence electrons. The normalized spacial score (nSPS) is 11.9. The fourth-order valence-corrected chi connectivity index (χ4v) is 2.93. The minimum Gasteiger partial charge on any atom is -0.489 e. The van der Waals surface area contributed by atoms with Gasteiger partial charge in [0, 0.05) is 13.6 Å². The molecule has 34 heavy (non-hydrogen) atoms. The molecule has 0 fully saturated rings. The van der Waals surface area contributed by atoms with E-state index in [-0.39, 0.29) is 11.5 Å². The van der Waals surface area contributed by atoms with Gasteiger partial charge in [-0.3, -0.25) is 15.1 Å². The number of hydrazine groups is 1. The van der Waals surface area contributed by atoms with Crippen LogP contribution in [0.2, 0.25) is 0 Å². The Kier molecular flexibility index (Phi) is 9.03. The van der Waals surface area contributed by atoms with Crippen molar-refractivity contribution < 1.29 is 29.0 Å². The van der Waals surface area contributed by atoms with E-state index in [1.54, 1.807) is 52.8 Å². The third-order valence-corrected chi connectivity index (χ3v) is 5.00. The van der Waals surface area contributed by atoms with E-state index < -0.39 is 23.7 Å². The molecule has 0 saturated heterocycles. The van der Waals surface area contributed by atoms with Crippen LogP contribution in [0.3, 0.4) is 0 Å². The first-order valence-corrected chi connectivity index (χ1v) is 10.9. The number of likely N-dealkylation sites (N-methyl/N-ethyl adjacent to an activating group) is 1. The Hall–Kier alpha value is -3.59. The van der Waals surface area contributed by atoms with Gasteiger partial charge in [0.1, 0.15) is 24.0 Å². The Morgan fingerprint density at radius 1 is 1.06 bits per heavy atom. The second kappa shape index (κ2) is 11.5. The van der Waals surface area contributed by atoms with Crippen LogP contribution in [-0.4, -0.2) is 46.7 Å². The molecule has 0 heterocycles. The van der Waals surface area contributed by atoms with Crippen LogP contribution in [0.25, 0.3) is 0 Å². The Morgan fingerprint density at radius 2 is 1.68 bits per heavy atom. The first-order valence-electron chi connectivity index (χ1n) is 10.9. The molecule has 0 saturated carbocycles. The van der Waals surface area contributed by atoms with Crippen LogP contribution in [-0.2, 0) is 22.7 Å². The number of aryl methyl sites for hydroxylation is 1. The molecule has 0 aromatic heterocycles. The third kappa shape index (κ3) is 8.08. The number of hydrogen-bond donors (Lipinski definition) is 3. The summed E-state index contributed by atoms with van der Waals surface area (Å²) in [4.78, 5) is 36.8. The van der Waals surface area contributed by atoms with E-state index in [1.807, 2.05) is 24.3 Å². The maximum atomic E-state index is 12.3. The number of nitrogens with one attached hydrogen (secondary N) is 2. The summed E-state index contributed by atoms with van der Waals surface area (Å²) in [5.74, 6) is -0.646. The van der Waals surface area contributed by atoms with Gasteiger partial charge in [-0.05, 0) is 69.5 Å². The summed E-state index contributed by atoms with van der Waals surface area (Å²) in [6.45, 7) is 9.36. The quantitative estimate of drug-likeness (QED) is 0.478. The van der Waals surface area contributed by atoms with Crippen molar-refractivity contribution in [1.82, 2.24) is 15.8 Å². The van der Waals surface area contributed by atoms with Crippen molar-refractivity contribution in [3.63, 3.8) is 0 Å². The maximum absolute atomic E-state index is 12.3. The highest BCUT2D eigenvalue weighted by Crippen LogP contribution is 2.16. The number of aromatic carboxylic acids is 1. The molecule has 9 nitrogen and oxygen atoms in total. The molecule has 0 bridgehead atoms. The first kappa shape index (κ1) is 26.7. The maximum Gasteiger partial charge on any atom is 0.410 e. The van der Waals surface area contributed by atoms with Crippen LogP contribution >= 0.6 is 0 Å². The number of carbonyl (C=O) groups excluding carboxylic acids is 2. The Labute approximate surface area is 200 Å². The number of hydrogen-bond acceptors (Lipinski definition) is 6. The van der Waals surface area contributed by atoms with E-state index in [0.29, 0.717) is 24.5 Å². The van der Waals surface area contributed by atoms with E-state index in [4.69, 9.17) is 14.6 Å². The van der Waals surface area contributed by atoms with Gasteiger partial charge in [-0.1, -0.05) is 24.3 Å². The number of rotatable bonds is 9. The van der Waals surface area contributed by atoms with Crippen molar-refractivity contribution in [2.24, 2.45) is 0 Å². The lowest BCUT2D eigenvalue weighted by atomic mass is 10.1. The number of benzene rings is 2. The van der Waals surface area contributed by atoms with Gasteiger partial charge < -0.3 is 14.6 Å².